The highest BCUT2D eigenvalue weighted by molar-refractivity contribution is 6.06. The fourth-order valence-corrected chi connectivity index (χ4v) is 2.35. The Morgan fingerprint density at radius 3 is 2.79 bits per heavy atom. The summed E-state index contributed by atoms with van der Waals surface area (Å²) in [4.78, 5) is 15.8. The Kier molecular flexibility index (Phi) is 2.42. The van der Waals surface area contributed by atoms with Crippen LogP contribution in [0.15, 0.2) is 36.7 Å². The molecule has 96 valence electrons. The summed E-state index contributed by atoms with van der Waals surface area (Å²) in [6.45, 7) is 3.75. The third-order valence-electron chi connectivity index (χ3n) is 3.59. The summed E-state index contributed by atoms with van der Waals surface area (Å²) < 4.78 is 13.7. The molecule has 0 saturated carbocycles. The van der Waals surface area contributed by atoms with E-state index in [4.69, 9.17) is 0 Å². The molecule has 1 aromatic heterocycles. The van der Waals surface area contributed by atoms with Crippen LogP contribution in [0, 0.1) is 5.82 Å². The first-order chi connectivity index (χ1) is 9.00. The summed E-state index contributed by atoms with van der Waals surface area (Å²) >= 11 is 0. The van der Waals surface area contributed by atoms with Gasteiger partial charge in [0.15, 0.2) is 0 Å². The number of fused-ring (bicyclic) bond motifs is 1. The lowest BCUT2D eigenvalue weighted by Crippen LogP contribution is -2.26. The second-order valence-electron chi connectivity index (χ2n) is 5.20. The van der Waals surface area contributed by atoms with Crippen LogP contribution >= 0.6 is 0 Å². The maximum absolute atomic E-state index is 13.7. The molecule has 0 bridgehead atoms. The van der Waals surface area contributed by atoms with E-state index in [1.807, 2.05) is 26.0 Å². The number of hydrogen-bond donors (Lipinski definition) is 1. The zero-order valence-corrected chi connectivity index (χ0v) is 10.7. The first-order valence-corrected chi connectivity index (χ1v) is 6.06. The molecule has 0 atom stereocenters. The van der Waals surface area contributed by atoms with Crippen molar-refractivity contribution in [2.75, 3.05) is 5.32 Å². The van der Waals surface area contributed by atoms with Crippen molar-refractivity contribution < 1.29 is 9.18 Å². The second kappa shape index (κ2) is 3.88. The number of amides is 1. The normalized spacial score (nSPS) is 16.1. The van der Waals surface area contributed by atoms with E-state index in [0.717, 1.165) is 11.3 Å². The second-order valence-corrected chi connectivity index (χ2v) is 5.20. The lowest BCUT2D eigenvalue weighted by molar-refractivity contribution is -0.119. The van der Waals surface area contributed by atoms with Gasteiger partial charge in [-0.25, -0.2) is 4.39 Å². The molecule has 1 aliphatic rings. The lowest BCUT2D eigenvalue weighted by Gasteiger charge is -2.15. The molecule has 19 heavy (non-hydrogen) atoms. The largest absolute Gasteiger partial charge is 0.325 e. The van der Waals surface area contributed by atoms with E-state index < -0.39 is 5.41 Å². The molecule has 2 heterocycles. The Morgan fingerprint density at radius 1 is 1.26 bits per heavy atom. The van der Waals surface area contributed by atoms with Gasteiger partial charge in [-0.2, -0.15) is 0 Å². The smallest absolute Gasteiger partial charge is 0.234 e. The van der Waals surface area contributed by atoms with Gasteiger partial charge in [0, 0.05) is 23.6 Å². The van der Waals surface area contributed by atoms with Crippen molar-refractivity contribution in [3.8, 4) is 11.1 Å². The van der Waals surface area contributed by atoms with Crippen LogP contribution in [0.2, 0.25) is 0 Å². The fourth-order valence-electron chi connectivity index (χ4n) is 2.35. The average Bonchev–Trinajstić information content (AvgIpc) is 2.60. The Balaban J connectivity index is 2.13. The number of halogens is 1. The number of benzene rings is 1. The zero-order valence-electron chi connectivity index (χ0n) is 10.7. The van der Waals surface area contributed by atoms with E-state index in [9.17, 15) is 9.18 Å². The average molecular weight is 256 g/mol. The van der Waals surface area contributed by atoms with Gasteiger partial charge < -0.3 is 5.32 Å². The highest BCUT2D eigenvalue weighted by Gasteiger charge is 2.38. The molecule has 0 aliphatic carbocycles. The van der Waals surface area contributed by atoms with Crippen molar-refractivity contribution in [3.63, 3.8) is 0 Å². The topological polar surface area (TPSA) is 42.0 Å². The van der Waals surface area contributed by atoms with Crippen molar-refractivity contribution in [2.45, 2.75) is 19.3 Å². The van der Waals surface area contributed by atoms with Gasteiger partial charge in [-0.15, -0.1) is 0 Å². The minimum Gasteiger partial charge on any atom is -0.325 e. The van der Waals surface area contributed by atoms with E-state index >= 15 is 0 Å². The summed E-state index contributed by atoms with van der Waals surface area (Å²) in [5, 5.41) is 2.84. The van der Waals surface area contributed by atoms with E-state index in [1.54, 1.807) is 6.07 Å². The van der Waals surface area contributed by atoms with Gasteiger partial charge in [0.25, 0.3) is 0 Å². The van der Waals surface area contributed by atoms with Crippen molar-refractivity contribution in [3.05, 3.63) is 48.0 Å². The summed E-state index contributed by atoms with van der Waals surface area (Å²) in [6, 6.07) is 6.81. The predicted octanol–water partition coefficient (Wildman–Crippen LogP) is 3.12. The quantitative estimate of drug-likeness (QED) is 0.851. The Morgan fingerprint density at radius 2 is 2.05 bits per heavy atom. The highest BCUT2D eigenvalue weighted by atomic mass is 19.1. The van der Waals surface area contributed by atoms with Crippen LogP contribution in [0.3, 0.4) is 0 Å². The number of rotatable bonds is 1. The summed E-state index contributed by atoms with van der Waals surface area (Å²) in [6.07, 6.45) is 2.90. The van der Waals surface area contributed by atoms with Gasteiger partial charge in [-0.1, -0.05) is 12.1 Å². The molecule has 4 heteroatoms. The summed E-state index contributed by atoms with van der Waals surface area (Å²) in [5.41, 5.74) is 2.29. The molecule has 0 radical (unpaired) electrons. The summed E-state index contributed by atoms with van der Waals surface area (Å²) in [5.74, 6) is -0.357. The molecule has 3 rings (SSSR count). The minimum absolute atomic E-state index is 0.0358. The first-order valence-electron chi connectivity index (χ1n) is 6.06. The molecule has 2 aromatic rings. The maximum atomic E-state index is 13.7. The number of nitrogens with one attached hydrogen (secondary N) is 1. The molecular formula is C15H13FN2O. The van der Waals surface area contributed by atoms with Gasteiger partial charge >= 0.3 is 0 Å². The van der Waals surface area contributed by atoms with E-state index in [2.05, 4.69) is 10.3 Å². The Labute approximate surface area is 110 Å². The number of nitrogens with zero attached hydrogens (tertiary/aromatic N) is 1. The van der Waals surface area contributed by atoms with Gasteiger partial charge in [-0.3, -0.25) is 9.78 Å². The van der Waals surface area contributed by atoms with Crippen LogP contribution in [-0.4, -0.2) is 10.9 Å². The van der Waals surface area contributed by atoms with E-state index in [1.165, 1.54) is 18.5 Å². The van der Waals surface area contributed by atoms with Crippen molar-refractivity contribution in [2.24, 2.45) is 0 Å². The monoisotopic (exact) mass is 256 g/mol. The van der Waals surface area contributed by atoms with Crippen molar-refractivity contribution >= 4 is 11.6 Å². The van der Waals surface area contributed by atoms with Crippen LogP contribution in [0.1, 0.15) is 19.4 Å². The molecule has 0 spiro atoms. The van der Waals surface area contributed by atoms with E-state index in [-0.39, 0.29) is 11.7 Å². The maximum Gasteiger partial charge on any atom is 0.234 e. The van der Waals surface area contributed by atoms with Crippen LogP contribution in [-0.2, 0) is 10.2 Å². The molecule has 1 amide bonds. The molecule has 0 fully saturated rings. The zero-order chi connectivity index (χ0) is 13.6. The predicted molar refractivity (Wildman–Crippen MR) is 71.3 cm³/mol. The SMILES string of the molecule is CC1(C)C(=O)Nc2cc(-c3cnccc3F)ccc21. The first kappa shape index (κ1) is 11.8. The number of aromatic nitrogens is 1. The highest BCUT2D eigenvalue weighted by Crippen LogP contribution is 2.39. The minimum atomic E-state index is -0.540. The molecule has 0 unspecified atom stereocenters. The molecule has 1 N–H and O–H groups in total. The Bertz CT molecular complexity index is 680. The Hall–Kier alpha value is -2.23. The molecular weight excluding hydrogens is 243 g/mol. The number of pyridine rings is 1. The third kappa shape index (κ3) is 1.71. The van der Waals surface area contributed by atoms with Crippen molar-refractivity contribution in [1.29, 1.82) is 0 Å². The molecule has 0 saturated heterocycles. The standard InChI is InChI=1S/C15H13FN2O/c1-15(2)11-4-3-9(7-13(11)18-14(15)19)10-8-17-6-5-12(10)16/h3-8H,1-2H3,(H,18,19). The number of carbonyl (C=O) groups is 1. The van der Waals surface area contributed by atoms with Crippen LogP contribution in [0.5, 0.6) is 0 Å². The van der Waals surface area contributed by atoms with E-state index in [0.29, 0.717) is 11.1 Å². The van der Waals surface area contributed by atoms with Crippen molar-refractivity contribution in [1.82, 2.24) is 4.98 Å². The van der Waals surface area contributed by atoms with Crippen LogP contribution in [0.4, 0.5) is 10.1 Å². The van der Waals surface area contributed by atoms with Gasteiger partial charge in [0.1, 0.15) is 5.82 Å². The number of anilines is 1. The fraction of sp³-hybridized carbons (Fsp3) is 0.200. The lowest BCUT2D eigenvalue weighted by atomic mass is 9.85. The number of hydrogen-bond acceptors (Lipinski definition) is 2. The van der Waals surface area contributed by atoms with Crippen LogP contribution < -0.4 is 5.32 Å². The molecule has 3 nitrogen and oxygen atoms in total. The van der Waals surface area contributed by atoms with Gasteiger partial charge in [-0.05, 0) is 37.1 Å². The van der Waals surface area contributed by atoms with Crippen LogP contribution in [0.25, 0.3) is 11.1 Å². The summed E-state index contributed by atoms with van der Waals surface area (Å²) in [7, 11) is 0. The van der Waals surface area contributed by atoms with Gasteiger partial charge in [0.2, 0.25) is 5.91 Å². The molecule has 1 aromatic carbocycles. The third-order valence-corrected chi connectivity index (χ3v) is 3.59. The molecule has 1 aliphatic heterocycles. The van der Waals surface area contributed by atoms with Gasteiger partial charge in [0.05, 0.1) is 5.41 Å². The number of carbonyl (C=O) groups excluding carboxylic acids is 1.